The van der Waals surface area contributed by atoms with Crippen LogP contribution < -0.4 is 15.4 Å². The molecule has 2 aromatic rings. The van der Waals surface area contributed by atoms with Crippen molar-refractivity contribution in [3.05, 3.63) is 30.4 Å². The normalized spacial score (nSPS) is 26.1. The number of amides is 1. The standard InChI is InChI=1S/C17H22N4O2/c1-17(2,20-15(22)14-10-7-18-8-11(10)14)16-19-9-12-13(23-3)5-4-6-21(12)16/h4-6,9-11,14,18H,7-8H2,1-3H3,(H,20,22)/t10-,11+,14+. The van der Waals surface area contributed by atoms with E-state index >= 15 is 0 Å². The molecule has 6 nitrogen and oxygen atoms in total. The maximum Gasteiger partial charge on any atom is 0.224 e. The topological polar surface area (TPSA) is 67.7 Å². The van der Waals surface area contributed by atoms with E-state index < -0.39 is 5.54 Å². The van der Waals surface area contributed by atoms with Crippen LogP contribution in [0, 0.1) is 17.8 Å². The van der Waals surface area contributed by atoms with Crippen molar-refractivity contribution in [2.45, 2.75) is 19.4 Å². The summed E-state index contributed by atoms with van der Waals surface area (Å²) in [5.41, 5.74) is 0.361. The van der Waals surface area contributed by atoms with Crippen LogP contribution in [0.25, 0.3) is 5.52 Å². The number of hydrogen-bond donors (Lipinski definition) is 2. The molecule has 23 heavy (non-hydrogen) atoms. The largest absolute Gasteiger partial charge is 0.494 e. The Kier molecular flexibility index (Phi) is 3.13. The summed E-state index contributed by atoms with van der Waals surface area (Å²) in [5.74, 6) is 2.92. The average Bonchev–Trinajstić information content (AvgIpc) is 2.91. The van der Waals surface area contributed by atoms with E-state index in [2.05, 4.69) is 15.6 Å². The van der Waals surface area contributed by atoms with Gasteiger partial charge in [0.25, 0.3) is 0 Å². The summed E-state index contributed by atoms with van der Waals surface area (Å²) >= 11 is 0. The van der Waals surface area contributed by atoms with Crippen molar-refractivity contribution in [3.63, 3.8) is 0 Å². The molecule has 0 aromatic carbocycles. The van der Waals surface area contributed by atoms with E-state index in [1.807, 2.05) is 36.6 Å². The fraction of sp³-hybridized carbons (Fsp3) is 0.529. The number of carbonyl (C=O) groups is 1. The number of nitrogens with zero attached hydrogens (tertiary/aromatic N) is 2. The van der Waals surface area contributed by atoms with Crippen LogP contribution in [-0.2, 0) is 10.3 Å². The lowest BCUT2D eigenvalue weighted by atomic mass is 10.0. The average molecular weight is 314 g/mol. The molecule has 2 aromatic heterocycles. The molecule has 2 fully saturated rings. The van der Waals surface area contributed by atoms with E-state index in [9.17, 15) is 4.79 Å². The zero-order valence-electron chi connectivity index (χ0n) is 13.7. The summed E-state index contributed by atoms with van der Waals surface area (Å²) in [5, 5.41) is 6.51. The summed E-state index contributed by atoms with van der Waals surface area (Å²) in [6, 6.07) is 3.83. The van der Waals surface area contributed by atoms with Crippen LogP contribution in [0.15, 0.2) is 24.5 Å². The molecule has 1 saturated heterocycles. The van der Waals surface area contributed by atoms with Crippen molar-refractivity contribution in [2.75, 3.05) is 20.2 Å². The van der Waals surface area contributed by atoms with Gasteiger partial charge in [0, 0.05) is 12.1 Å². The predicted molar refractivity (Wildman–Crippen MR) is 86.3 cm³/mol. The summed E-state index contributed by atoms with van der Waals surface area (Å²) in [7, 11) is 1.65. The number of nitrogens with one attached hydrogen (secondary N) is 2. The minimum Gasteiger partial charge on any atom is -0.494 e. The second kappa shape index (κ2) is 4.96. The van der Waals surface area contributed by atoms with Gasteiger partial charge in [0.2, 0.25) is 5.91 Å². The Morgan fingerprint density at radius 2 is 2.17 bits per heavy atom. The molecule has 6 heteroatoms. The highest BCUT2D eigenvalue weighted by Crippen LogP contribution is 2.49. The quantitative estimate of drug-likeness (QED) is 0.889. The Hall–Kier alpha value is -2.08. The molecule has 2 aliphatic rings. The number of fused-ring (bicyclic) bond motifs is 2. The Morgan fingerprint density at radius 3 is 2.87 bits per heavy atom. The Balaban J connectivity index is 1.60. The first-order valence-corrected chi connectivity index (χ1v) is 8.06. The molecular formula is C17H22N4O2. The first-order valence-electron chi connectivity index (χ1n) is 8.06. The Labute approximate surface area is 135 Å². The molecule has 0 spiro atoms. The zero-order valence-corrected chi connectivity index (χ0v) is 13.7. The van der Waals surface area contributed by atoms with Crippen molar-refractivity contribution in [1.82, 2.24) is 20.0 Å². The van der Waals surface area contributed by atoms with Gasteiger partial charge in [-0.3, -0.25) is 9.20 Å². The van der Waals surface area contributed by atoms with Crippen LogP contribution in [0.4, 0.5) is 0 Å². The zero-order chi connectivity index (χ0) is 16.2. The number of carbonyl (C=O) groups excluding carboxylic acids is 1. The molecule has 1 saturated carbocycles. The number of hydrogen-bond acceptors (Lipinski definition) is 4. The summed E-state index contributed by atoms with van der Waals surface area (Å²) in [6.07, 6.45) is 3.74. The van der Waals surface area contributed by atoms with E-state index in [0.29, 0.717) is 11.8 Å². The lowest BCUT2D eigenvalue weighted by Gasteiger charge is -2.26. The second-order valence-corrected chi connectivity index (χ2v) is 7.04. The van der Waals surface area contributed by atoms with Crippen molar-refractivity contribution >= 4 is 11.4 Å². The number of imidazole rings is 1. The van der Waals surface area contributed by atoms with Gasteiger partial charge in [-0.05, 0) is 50.9 Å². The molecule has 0 unspecified atom stereocenters. The van der Waals surface area contributed by atoms with Crippen LogP contribution >= 0.6 is 0 Å². The van der Waals surface area contributed by atoms with Crippen LogP contribution in [0.5, 0.6) is 5.75 Å². The fourth-order valence-electron chi connectivity index (χ4n) is 3.89. The lowest BCUT2D eigenvalue weighted by molar-refractivity contribution is -0.124. The van der Waals surface area contributed by atoms with Gasteiger partial charge in [-0.25, -0.2) is 4.98 Å². The third-order valence-electron chi connectivity index (χ3n) is 5.14. The number of ether oxygens (including phenoxy) is 1. The molecule has 3 atom stereocenters. The lowest BCUT2D eigenvalue weighted by Crippen LogP contribution is -2.44. The molecule has 0 radical (unpaired) electrons. The third-order valence-corrected chi connectivity index (χ3v) is 5.14. The van der Waals surface area contributed by atoms with E-state index in [-0.39, 0.29) is 11.8 Å². The van der Waals surface area contributed by atoms with Crippen LogP contribution in [0.1, 0.15) is 19.7 Å². The molecular weight excluding hydrogens is 292 g/mol. The number of rotatable bonds is 4. The fourth-order valence-corrected chi connectivity index (χ4v) is 3.89. The Morgan fingerprint density at radius 1 is 1.43 bits per heavy atom. The molecule has 4 rings (SSSR count). The first kappa shape index (κ1) is 14.5. The highest BCUT2D eigenvalue weighted by molar-refractivity contribution is 5.83. The van der Waals surface area contributed by atoms with Gasteiger partial charge in [-0.2, -0.15) is 0 Å². The van der Waals surface area contributed by atoms with Crippen molar-refractivity contribution in [2.24, 2.45) is 17.8 Å². The van der Waals surface area contributed by atoms with Crippen LogP contribution in [-0.4, -0.2) is 35.5 Å². The number of piperidine rings is 1. The van der Waals surface area contributed by atoms with E-state index in [0.717, 1.165) is 30.2 Å². The van der Waals surface area contributed by atoms with Crippen molar-refractivity contribution in [3.8, 4) is 5.75 Å². The predicted octanol–water partition coefficient (Wildman–Crippen LogP) is 1.16. The molecule has 1 aliphatic carbocycles. The summed E-state index contributed by atoms with van der Waals surface area (Å²) in [4.78, 5) is 17.1. The van der Waals surface area contributed by atoms with Gasteiger partial charge in [-0.1, -0.05) is 0 Å². The number of pyridine rings is 1. The number of methoxy groups -OCH3 is 1. The van der Waals surface area contributed by atoms with Crippen LogP contribution in [0.2, 0.25) is 0 Å². The molecule has 1 amide bonds. The monoisotopic (exact) mass is 314 g/mol. The smallest absolute Gasteiger partial charge is 0.224 e. The van der Waals surface area contributed by atoms with Gasteiger partial charge in [0.05, 0.1) is 18.8 Å². The SMILES string of the molecule is COc1cccn2c(C(C)(C)NC(=O)[C@H]3[C@@H]4CNC[C@@H]43)ncc12. The van der Waals surface area contributed by atoms with Gasteiger partial charge < -0.3 is 15.4 Å². The molecule has 1 aliphatic heterocycles. The van der Waals surface area contributed by atoms with Crippen molar-refractivity contribution < 1.29 is 9.53 Å². The minimum absolute atomic E-state index is 0.145. The second-order valence-electron chi connectivity index (χ2n) is 7.04. The van der Waals surface area contributed by atoms with Crippen LogP contribution in [0.3, 0.4) is 0 Å². The molecule has 2 N–H and O–H groups in total. The van der Waals surface area contributed by atoms with Gasteiger partial charge in [0.1, 0.15) is 17.1 Å². The van der Waals surface area contributed by atoms with E-state index in [1.54, 1.807) is 13.3 Å². The maximum atomic E-state index is 12.6. The summed E-state index contributed by atoms with van der Waals surface area (Å²) in [6.45, 7) is 5.92. The number of aromatic nitrogens is 2. The highest BCUT2D eigenvalue weighted by atomic mass is 16.5. The third kappa shape index (κ3) is 2.20. The van der Waals surface area contributed by atoms with Crippen molar-refractivity contribution in [1.29, 1.82) is 0 Å². The molecule has 3 heterocycles. The summed E-state index contributed by atoms with van der Waals surface area (Å²) < 4.78 is 7.36. The molecule has 122 valence electrons. The van der Waals surface area contributed by atoms with Gasteiger partial charge in [-0.15, -0.1) is 0 Å². The minimum atomic E-state index is -0.541. The van der Waals surface area contributed by atoms with Gasteiger partial charge >= 0.3 is 0 Å². The van der Waals surface area contributed by atoms with E-state index in [4.69, 9.17) is 4.74 Å². The van der Waals surface area contributed by atoms with E-state index in [1.165, 1.54) is 0 Å². The van der Waals surface area contributed by atoms with Gasteiger partial charge in [0.15, 0.2) is 0 Å². The first-order chi connectivity index (χ1) is 11.0. The maximum absolute atomic E-state index is 12.6. The molecule has 0 bridgehead atoms. The Bertz CT molecular complexity index is 757. The highest BCUT2D eigenvalue weighted by Gasteiger charge is 2.57.